The Morgan fingerprint density at radius 2 is 2.29 bits per heavy atom. The van der Waals surface area contributed by atoms with E-state index in [0.717, 1.165) is 19.4 Å². The summed E-state index contributed by atoms with van der Waals surface area (Å²) in [6, 6.07) is -1.26. The molecule has 0 aromatic heterocycles. The first-order valence-corrected chi connectivity index (χ1v) is 6.02. The van der Waals surface area contributed by atoms with Crippen molar-refractivity contribution >= 4 is 12.0 Å². The topological polar surface area (TPSA) is 87.7 Å². The maximum absolute atomic E-state index is 11.4. The number of carboxylic acid groups (broad SMARTS) is 1. The molecule has 2 unspecified atom stereocenters. The Morgan fingerprint density at radius 3 is 2.82 bits per heavy atom. The summed E-state index contributed by atoms with van der Waals surface area (Å²) < 4.78 is 5.34. The van der Waals surface area contributed by atoms with Crippen LogP contribution in [0.25, 0.3) is 0 Å². The smallest absolute Gasteiger partial charge is 0.326 e. The van der Waals surface area contributed by atoms with Gasteiger partial charge in [0.1, 0.15) is 6.04 Å². The third-order valence-corrected chi connectivity index (χ3v) is 2.70. The summed E-state index contributed by atoms with van der Waals surface area (Å²) in [6.07, 6.45) is 3.17. The zero-order chi connectivity index (χ0) is 12.7. The molecule has 98 valence electrons. The predicted molar refractivity (Wildman–Crippen MR) is 61.8 cm³/mol. The van der Waals surface area contributed by atoms with E-state index < -0.39 is 18.0 Å². The maximum atomic E-state index is 11.4. The second kappa shape index (κ2) is 7.11. The number of carbonyl (C=O) groups excluding carboxylic acids is 1. The van der Waals surface area contributed by atoms with Crippen LogP contribution in [0.15, 0.2) is 0 Å². The number of nitrogens with one attached hydrogen (secondary N) is 2. The Balaban J connectivity index is 2.23. The van der Waals surface area contributed by atoms with E-state index in [0.29, 0.717) is 19.4 Å². The van der Waals surface area contributed by atoms with E-state index in [1.54, 1.807) is 0 Å². The van der Waals surface area contributed by atoms with E-state index in [4.69, 9.17) is 9.84 Å². The van der Waals surface area contributed by atoms with Gasteiger partial charge in [0.05, 0.1) is 6.10 Å². The van der Waals surface area contributed by atoms with Gasteiger partial charge in [-0.1, -0.05) is 13.3 Å². The summed E-state index contributed by atoms with van der Waals surface area (Å²) in [5.41, 5.74) is 0. The van der Waals surface area contributed by atoms with Crippen LogP contribution < -0.4 is 10.6 Å². The average Bonchev–Trinajstić information content (AvgIpc) is 2.78. The van der Waals surface area contributed by atoms with Crippen molar-refractivity contribution in [3.63, 3.8) is 0 Å². The molecule has 6 heteroatoms. The van der Waals surface area contributed by atoms with Crippen LogP contribution in [0.5, 0.6) is 0 Å². The monoisotopic (exact) mass is 244 g/mol. The normalized spacial score (nSPS) is 20.9. The van der Waals surface area contributed by atoms with Crippen molar-refractivity contribution in [1.82, 2.24) is 10.6 Å². The first kappa shape index (κ1) is 13.8. The van der Waals surface area contributed by atoms with E-state index in [2.05, 4.69) is 10.6 Å². The first-order chi connectivity index (χ1) is 8.13. The van der Waals surface area contributed by atoms with Crippen molar-refractivity contribution < 1.29 is 19.4 Å². The molecule has 2 atom stereocenters. The van der Waals surface area contributed by atoms with Crippen LogP contribution in [0.4, 0.5) is 4.79 Å². The Hall–Kier alpha value is -1.30. The van der Waals surface area contributed by atoms with Crippen molar-refractivity contribution in [1.29, 1.82) is 0 Å². The zero-order valence-corrected chi connectivity index (χ0v) is 10.1. The number of hydrogen-bond acceptors (Lipinski definition) is 3. The minimum atomic E-state index is -1.00. The molecule has 0 aromatic carbocycles. The van der Waals surface area contributed by atoms with Gasteiger partial charge in [-0.05, 0) is 19.3 Å². The Bertz CT molecular complexity index is 264. The SMILES string of the molecule is CCCC(NC(=O)NCC1CCCO1)C(=O)O. The fraction of sp³-hybridized carbons (Fsp3) is 0.818. The molecule has 1 aliphatic rings. The Kier molecular flexibility index (Phi) is 5.76. The molecular weight excluding hydrogens is 224 g/mol. The van der Waals surface area contributed by atoms with E-state index >= 15 is 0 Å². The van der Waals surface area contributed by atoms with Gasteiger partial charge in [0, 0.05) is 13.2 Å². The number of urea groups is 1. The van der Waals surface area contributed by atoms with Gasteiger partial charge < -0.3 is 20.5 Å². The summed E-state index contributed by atoms with van der Waals surface area (Å²) in [4.78, 5) is 22.3. The summed E-state index contributed by atoms with van der Waals surface area (Å²) in [7, 11) is 0. The molecular formula is C11H20N2O4. The molecule has 0 aromatic rings. The van der Waals surface area contributed by atoms with Crippen LogP contribution in [0, 0.1) is 0 Å². The van der Waals surface area contributed by atoms with Crippen LogP contribution in [0.1, 0.15) is 32.6 Å². The van der Waals surface area contributed by atoms with Gasteiger partial charge in [0.15, 0.2) is 0 Å². The highest BCUT2D eigenvalue weighted by atomic mass is 16.5. The third-order valence-electron chi connectivity index (χ3n) is 2.70. The lowest BCUT2D eigenvalue weighted by Crippen LogP contribution is -2.47. The molecule has 1 rings (SSSR count). The van der Waals surface area contributed by atoms with Crippen molar-refractivity contribution in [2.24, 2.45) is 0 Å². The van der Waals surface area contributed by atoms with Gasteiger partial charge in [-0.25, -0.2) is 9.59 Å². The highest BCUT2D eigenvalue weighted by molar-refractivity contribution is 5.82. The van der Waals surface area contributed by atoms with Crippen molar-refractivity contribution in [3.8, 4) is 0 Å². The zero-order valence-electron chi connectivity index (χ0n) is 10.1. The van der Waals surface area contributed by atoms with Gasteiger partial charge in [0.25, 0.3) is 0 Å². The summed E-state index contributed by atoms with van der Waals surface area (Å²) in [5, 5.41) is 13.9. The number of carbonyl (C=O) groups is 2. The molecule has 1 aliphatic heterocycles. The number of aliphatic carboxylic acids is 1. The molecule has 1 heterocycles. The maximum Gasteiger partial charge on any atom is 0.326 e. The molecule has 1 saturated heterocycles. The van der Waals surface area contributed by atoms with Crippen molar-refractivity contribution in [2.45, 2.75) is 44.8 Å². The molecule has 0 bridgehead atoms. The minimum Gasteiger partial charge on any atom is -0.480 e. The first-order valence-electron chi connectivity index (χ1n) is 6.02. The third kappa shape index (κ3) is 5.04. The lowest BCUT2D eigenvalue weighted by atomic mass is 10.2. The predicted octanol–water partition coefficient (Wildman–Crippen LogP) is 0.718. The number of ether oxygens (including phenoxy) is 1. The summed E-state index contributed by atoms with van der Waals surface area (Å²) in [5.74, 6) is -1.00. The van der Waals surface area contributed by atoms with E-state index in [1.807, 2.05) is 6.92 Å². The lowest BCUT2D eigenvalue weighted by molar-refractivity contribution is -0.139. The van der Waals surface area contributed by atoms with Gasteiger partial charge in [-0.3, -0.25) is 0 Å². The fourth-order valence-corrected chi connectivity index (χ4v) is 1.77. The molecule has 2 amide bonds. The Labute approximate surface area is 101 Å². The standard InChI is InChI=1S/C11H20N2O4/c1-2-4-9(10(14)15)13-11(16)12-7-8-5-3-6-17-8/h8-9H,2-7H2,1H3,(H,14,15)(H2,12,13,16). The highest BCUT2D eigenvalue weighted by Crippen LogP contribution is 2.10. The largest absolute Gasteiger partial charge is 0.480 e. The number of amides is 2. The highest BCUT2D eigenvalue weighted by Gasteiger charge is 2.20. The van der Waals surface area contributed by atoms with Crippen LogP contribution in [0.3, 0.4) is 0 Å². The van der Waals surface area contributed by atoms with E-state index in [1.165, 1.54) is 0 Å². The number of rotatable bonds is 6. The van der Waals surface area contributed by atoms with Gasteiger partial charge in [-0.2, -0.15) is 0 Å². The van der Waals surface area contributed by atoms with Crippen LogP contribution >= 0.6 is 0 Å². The second-order valence-corrected chi connectivity index (χ2v) is 4.17. The van der Waals surface area contributed by atoms with Crippen LogP contribution in [0.2, 0.25) is 0 Å². The molecule has 0 saturated carbocycles. The van der Waals surface area contributed by atoms with E-state index in [-0.39, 0.29) is 6.10 Å². The molecule has 1 fully saturated rings. The van der Waals surface area contributed by atoms with Gasteiger partial charge in [0.2, 0.25) is 0 Å². The second-order valence-electron chi connectivity index (χ2n) is 4.17. The average molecular weight is 244 g/mol. The van der Waals surface area contributed by atoms with Crippen LogP contribution in [-0.4, -0.2) is 42.4 Å². The number of carboxylic acids is 1. The van der Waals surface area contributed by atoms with Gasteiger partial charge >= 0.3 is 12.0 Å². The molecule has 6 nitrogen and oxygen atoms in total. The molecule has 0 aliphatic carbocycles. The van der Waals surface area contributed by atoms with Crippen molar-refractivity contribution in [3.05, 3.63) is 0 Å². The molecule has 0 spiro atoms. The molecule has 17 heavy (non-hydrogen) atoms. The van der Waals surface area contributed by atoms with Crippen LogP contribution in [-0.2, 0) is 9.53 Å². The quantitative estimate of drug-likeness (QED) is 0.642. The number of hydrogen-bond donors (Lipinski definition) is 3. The Morgan fingerprint density at radius 1 is 1.53 bits per heavy atom. The lowest BCUT2D eigenvalue weighted by Gasteiger charge is -2.15. The molecule has 0 radical (unpaired) electrons. The summed E-state index contributed by atoms with van der Waals surface area (Å²) >= 11 is 0. The minimum absolute atomic E-state index is 0.0650. The summed E-state index contributed by atoms with van der Waals surface area (Å²) in [6.45, 7) is 3.05. The van der Waals surface area contributed by atoms with E-state index in [9.17, 15) is 9.59 Å². The molecule has 3 N–H and O–H groups in total. The van der Waals surface area contributed by atoms with Crippen molar-refractivity contribution in [2.75, 3.05) is 13.2 Å². The fourth-order valence-electron chi connectivity index (χ4n) is 1.77. The van der Waals surface area contributed by atoms with Gasteiger partial charge in [-0.15, -0.1) is 0 Å².